The van der Waals surface area contributed by atoms with Gasteiger partial charge in [0.25, 0.3) is 0 Å². The van der Waals surface area contributed by atoms with Crippen molar-refractivity contribution in [1.29, 1.82) is 0 Å². The highest BCUT2D eigenvalue weighted by Crippen LogP contribution is 2.27. The molecule has 2 aromatic rings. The summed E-state index contributed by atoms with van der Waals surface area (Å²) < 4.78 is 0.954. The van der Waals surface area contributed by atoms with Gasteiger partial charge in [-0.25, -0.2) is 0 Å². The zero-order valence-corrected chi connectivity index (χ0v) is 13.3. The van der Waals surface area contributed by atoms with Gasteiger partial charge in [-0.1, -0.05) is 15.9 Å². The summed E-state index contributed by atoms with van der Waals surface area (Å²) in [5.41, 5.74) is 1.50. The average molecular weight is 360 g/mol. The summed E-state index contributed by atoms with van der Waals surface area (Å²) in [7, 11) is 0. The molecule has 1 atom stereocenters. The number of nitrogens with one attached hydrogen (secondary N) is 1. The summed E-state index contributed by atoms with van der Waals surface area (Å²) in [6, 6.07) is 10.9. The van der Waals surface area contributed by atoms with Crippen LogP contribution < -0.4 is 10.2 Å². The summed E-state index contributed by atoms with van der Waals surface area (Å²) >= 11 is 3.37. The molecule has 2 amide bonds. The van der Waals surface area contributed by atoms with E-state index < -0.39 is 0 Å². The maximum absolute atomic E-state index is 12.3. The maximum atomic E-state index is 12.3. The number of rotatable bonds is 3. The summed E-state index contributed by atoms with van der Waals surface area (Å²) in [4.78, 5) is 30.0. The molecule has 1 N–H and O–H groups in total. The van der Waals surface area contributed by atoms with Crippen molar-refractivity contribution in [2.24, 2.45) is 5.92 Å². The Morgan fingerprint density at radius 3 is 2.55 bits per heavy atom. The van der Waals surface area contributed by atoms with E-state index in [1.165, 1.54) is 0 Å². The lowest BCUT2D eigenvalue weighted by atomic mass is 10.1. The number of hydrogen-bond donors (Lipinski definition) is 1. The summed E-state index contributed by atoms with van der Waals surface area (Å²) in [5.74, 6) is -0.513. The van der Waals surface area contributed by atoms with E-state index in [-0.39, 0.29) is 24.2 Å². The molecule has 1 aliphatic heterocycles. The van der Waals surface area contributed by atoms with Crippen molar-refractivity contribution in [3.8, 4) is 0 Å². The number of nitrogens with zero attached hydrogens (tertiary/aromatic N) is 2. The van der Waals surface area contributed by atoms with E-state index in [1.54, 1.807) is 29.4 Å². The van der Waals surface area contributed by atoms with E-state index in [0.29, 0.717) is 12.2 Å². The zero-order chi connectivity index (χ0) is 15.5. The third-order valence-electron chi connectivity index (χ3n) is 3.58. The molecule has 112 valence electrons. The zero-order valence-electron chi connectivity index (χ0n) is 11.7. The van der Waals surface area contributed by atoms with E-state index in [0.717, 1.165) is 10.2 Å². The number of hydrogen-bond acceptors (Lipinski definition) is 3. The number of benzene rings is 1. The van der Waals surface area contributed by atoms with E-state index >= 15 is 0 Å². The van der Waals surface area contributed by atoms with Gasteiger partial charge in [-0.2, -0.15) is 0 Å². The van der Waals surface area contributed by atoms with Crippen LogP contribution in [0.1, 0.15) is 6.42 Å². The number of aromatic nitrogens is 1. The number of anilines is 2. The lowest BCUT2D eigenvalue weighted by Gasteiger charge is -2.16. The van der Waals surface area contributed by atoms with Crippen LogP contribution in [0.25, 0.3) is 0 Å². The van der Waals surface area contributed by atoms with Crippen molar-refractivity contribution in [2.45, 2.75) is 6.42 Å². The molecule has 0 unspecified atom stereocenters. The standard InChI is InChI=1S/C16H14BrN3O2/c17-12-1-3-14(4-2-12)20-10-11(9-15(20)21)16(22)19-13-5-7-18-8-6-13/h1-8,11H,9-10H2,(H,18,19,22)/t11-/m1/s1. The van der Waals surface area contributed by atoms with Crippen molar-refractivity contribution in [3.05, 3.63) is 53.3 Å². The SMILES string of the molecule is O=C(Nc1ccncc1)[C@@H]1CC(=O)N(c2ccc(Br)cc2)C1. The normalized spacial score (nSPS) is 17.6. The van der Waals surface area contributed by atoms with Crippen molar-refractivity contribution in [3.63, 3.8) is 0 Å². The Bertz CT molecular complexity index is 688. The fraction of sp³-hybridized carbons (Fsp3) is 0.188. The quantitative estimate of drug-likeness (QED) is 0.916. The minimum absolute atomic E-state index is 0.0304. The van der Waals surface area contributed by atoms with Gasteiger partial charge in [0.1, 0.15) is 0 Å². The van der Waals surface area contributed by atoms with Gasteiger partial charge in [-0.3, -0.25) is 14.6 Å². The van der Waals surface area contributed by atoms with Gasteiger partial charge in [-0.05, 0) is 36.4 Å². The molecule has 0 bridgehead atoms. The van der Waals surface area contributed by atoms with E-state index in [9.17, 15) is 9.59 Å². The average Bonchev–Trinajstić information content (AvgIpc) is 2.91. The molecule has 3 rings (SSSR count). The molecule has 0 aliphatic carbocycles. The minimum atomic E-state index is -0.343. The Morgan fingerprint density at radius 2 is 1.86 bits per heavy atom. The first-order chi connectivity index (χ1) is 10.6. The lowest BCUT2D eigenvalue weighted by Crippen LogP contribution is -2.28. The third-order valence-corrected chi connectivity index (χ3v) is 4.11. The molecule has 0 radical (unpaired) electrons. The van der Waals surface area contributed by atoms with Crippen molar-refractivity contribution in [2.75, 3.05) is 16.8 Å². The smallest absolute Gasteiger partial charge is 0.229 e. The van der Waals surface area contributed by atoms with Gasteiger partial charge < -0.3 is 10.2 Å². The van der Waals surface area contributed by atoms with Crippen LogP contribution in [0, 0.1) is 5.92 Å². The predicted octanol–water partition coefficient (Wildman–Crippen LogP) is 2.84. The second-order valence-electron chi connectivity index (χ2n) is 5.11. The van der Waals surface area contributed by atoms with E-state index in [4.69, 9.17) is 0 Å². The Morgan fingerprint density at radius 1 is 1.18 bits per heavy atom. The second kappa shape index (κ2) is 6.27. The van der Waals surface area contributed by atoms with E-state index in [1.807, 2.05) is 24.3 Å². The predicted molar refractivity (Wildman–Crippen MR) is 87.5 cm³/mol. The molecule has 0 saturated carbocycles. The number of carbonyl (C=O) groups is 2. The molecule has 1 aromatic carbocycles. The first-order valence-electron chi connectivity index (χ1n) is 6.90. The maximum Gasteiger partial charge on any atom is 0.229 e. The van der Waals surface area contributed by atoms with Gasteiger partial charge in [0, 0.05) is 41.2 Å². The first kappa shape index (κ1) is 14.7. The van der Waals surface area contributed by atoms with Crippen LogP contribution in [-0.2, 0) is 9.59 Å². The largest absolute Gasteiger partial charge is 0.326 e. The summed E-state index contributed by atoms with van der Waals surface area (Å²) in [5, 5.41) is 2.82. The van der Waals surface area contributed by atoms with Crippen LogP contribution >= 0.6 is 15.9 Å². The molecular formula is C16H14BrN3O2. The van der Waals surface area contributed by atoms with Crippen LogP contribution in [0.2, 0.25) is 0 Å². The van der Waals surface area contributed by atoms with E-state index in [2.05, 4.69) is 26.2 Å². The highest BCUT2D eigenvalue weighted by atomic mass is 79.9. The Hall–Kier alpha value is -2.21. The molecule has 22 heavy (non-hydrogen) atoms. The Balaban J connectivity index is 1.69. The Kier molecular flexibility index (Phi) is 4.20. The molecule has 5 nitrogen and oxygen atoms in total. The second-order valence-corrected chi connectivity index (χ2v) is 6.02. The molecule has 1 saturated heterocycles. The van der Waals surface area contributed by atoms with Crippen LogP contribution in [0.15, 0.2) is 53.3 Å². The van der Waals surface area contributed by atoms with Gasteiger partial charge >= 0.3 is 0 Å². The highest BCUT2D eigenvalue weighted by Gasteiger charge is 2.35. The topological polar surface area (TPSA) is 62.3 Å². The molecule has 2 heterocycles. The van der Waals surface area contributed by atoms with Gasteiger partial charge in [0.05, 0.1) is 5.92 Å². The number of amides is 2. The summed E-state index contributed by atoms with van der Waals surface area (Å²) in [6.07, 6.45) is 3.46. The summed E-state index contributed by atoms with van der Waals surface area (Å²) in [6.45, 7) is 0.400. The monoisotopic (exact) mass is 359 g/mol. The fourth-order valence-corrected chi connectivity index (χ4v) is 2.70. The van der Waals surface area contributed by atoms with Crippen LogP contribution in [0.5, 0.6) is 0 Å². The number of halogens is 1. The number of carbonyl (C=O) groups excluding carboxylic acids is 2. The highest BCUT2D eigenvalue weighted by molar-refractivity contribution is 9.10. The first-order valence-corrected chi connectivity index (χ1v) is 7.69. The molecule has 0 spiro atoms. The minimum Gasteiger partial charge on any atom is -0.326 e. The van der Waals surface area contributed by atoms with Crippen molar-refractivity contribution >= 4 is 39.1 Å². The van der Waals surface area contributed by atoms with Gasteiger partial charge in [0.15, 0.2) is 0 Å². The lowest BCUT2D eigenvalue weighted by molar-refractivity contribution is -0.122. The molecular weight excluding hydrogens is 346 g/mol. The van der Waals surface area contributed by atoms with Gasteiger partial charge in [-0.15, -0.1) is 0 Å². The van der Waals surface area contributed by atoms with Crippen LogP contribution in [-0.4, -0.2) is 23.3 Å². The molecule has 1 aromatic heterocycles. The molecule has 1 fully saturated rings. The van der Waals surface area contributed by atoms with Gasteiger partial charge in [0.2, 0.25) is 11.8 Å². The van der Waals surface area contributed by atoms with Crippen LogP contribution in [0.4, 0.5) is 11.4 Å². The Labute approximate surface area is 136 Å². The van der Waals surface area contributed by atoms with Crippen LogP contribution in [0.3, 0.4) is 0 Å². The third kappa shape index (κ3) is 3.17. The van der Waals surface area contributed by atoms with Crippen molar-refractivity contribution in [1.82, 2.24) is 4.98 Å². The molecule has 1 aliphatic rings. The molecule has 6 heteroatoms. The number of pyridine rings is 1. The fourth-order valence-electron chi connectivity index (χ4n) is 2.43. The van der Waals surface area contributed by atoms with Crippen molar-refractivity contribution < 1.29 is 9.59 Å².